The number of nitrogens with zero attached hydrogens (tertiary/aromatic N) is 1. The van der Waals surface area contributed by atoms with Gasteiger partial charge in [-0.25, -0.2) is 10.4 Å². The van der Waals surface area contributed by atoms with Gasteiger partial charge in [-0.3, -0.25) is 0 Å². The van der Waals surface area contributed by atoms with Crippen molar-refractivity contribution in [2.45, 2.75) is 57.4 Å². The van der Waals surface area contributed by atoms with Gasteiger partial charge >= 0.3 is 0 Å². The maximum absolute atomic E-state index is 6.00. The molecule has 0 aromatic carbocycles. The lowest BCUT2D eigenvalue weighted by Gasteiger charge is -2.49. The zero-order chi connectivity index (χ0) is 9.47. The third-order valence-corrected chi connectivity index (χ3v) is 3.06. The van der Waals surface area contributed by atoms with E-state index in [1.165, 1.54) is 25.7 Å². The molecule has 1 aliphatic carbocycles. The number of nitrogens with one attached hydrogen (secondary N) is 1. The van der Waals surface area contributed by atoms with Crippen LogP contribution in [0.5, 0.6) is 0 Å². The summed E-state index contributed by atoms with van der Waals surface area (Å²) >= 11 is 0. The molecule has 0 aromatic rings. The summed E-state index contributed by atoms with van der Waals surface area (Å²) in [5.74, 6) is 0. The second kappa shape index (κ2) is 3.23. The molecule has 0 amide bonds. The highest BCUT2D eigenvalue weighted by molar-refractivity contribution is 4.87. The van der Waals surface area contributed by atoms with Gasteiger partial charge in [0.05, 0.1) is 12.1 Å². The van der Waals surface area contributed by atoms with Gasteiger partial charge in [0.1, 0.15) is 5.72 Å². The van der Waals surface area contributed by atoms with Crippen molar-refractivity contribution >= 4 is 0 Å². The molecule has 1 saturated heterocycles. The normalized spacial score (nSPS) is 39.9. The maximum atomic E-state index is 6.00. The molecule has 0 aromatic heterocycles. The Morgan fingerprint density at radius 2 is 2.00 bits per heavy atom. The van der Waals surface area contributed by atoms with Gasteiger partial charge in [-0.15, -0.1) is 0 Å². The summed E-state index contributed by atoms with van der Waals surface area (Å²) in [6.07, 6.45) is 5.60. The van der Waals surface area contributed by atoms with Crippen LogP contribution in [0.15, 0.2) is 0 Å². The van der Waals surface area contributed by atoms with Crippen molar-refractivity contribution in [3.63, 3.8) is 0 Å². The van der Waals surface area contributed by atoms with Gasteiger partial charge in [-0.1, -0.05) is 12.8 Å². The molecule has 3 heteroatoms. The average molecular weight is 184 g/mol. The summed E-state index contributed by atoms with van der Waals surface area (Å²) in [6.45, 7) is 4.18. The van der Waals surface area contributed by atoms with Crippen molar-refractivity contribution in [1.29, 1.82) is 0 Å². The first-order chi connectivity index (χ1) is 6.08. The van der Waals surface area contributed by atoms with Crippen LogP contribution < -0.4 is 5.43 Å². The van der Waals surface area contributed by atoms with E-state index in [0.717, 1.165) is 0 Å². The fraction of sp³-hybridized carbons (Fsp3) is 1.00. The molecule has 2 fully saturated rings. The van der Waals surface area contributed by atoms with Crippen molar-refractivity contribution in [3.8, 4) is 0 Å². The predicted molar refractivity (Wildman–Crippen MR) is 52.1 cm³/mol. The van der Waals surface area contributed by atoms with Gasteiger partial charge < -0.3 is 4.74 Å². The fourth-order valence-corrected chi connectivity index (χ4v) is 2.57. The smallest absolute Gasteiger partial charge is 0.126 e. The van der Waals surface area contributed by atoms with Crippen molar-refractivity contribution in [1.82, 2.24) is 10.4 Å². The van der Waals surface area contributed by atoms with Crippen LogP contribution in [0.25, 0.3) is 0 Å². The Hall–Kier alpha value is -0.120. The van der Waals surface area contributed by atoms with E-state index in [1.807, 2.05) is 0 Å². The largest absolute Gasteiger partial charge is 0.355 e. The van der Waals surface area contributed by atoms with E-state index >= 15 is 0 Å². The lowest BCUT2D eigenvalue weighted by Crippen LogP contribution is -2.65. The van der Waals surface area contributed by atoms with Gasteiger partial charge in [0.15, 0.2) is 0 Å². The first-order valence-corrected chi connectivity index (χ1v) is 5.27. The van der Waals surface area contributed by atoms with Crippen LogP contribution in [0.3, 0.4) is 0 Å². The minimum absolute atomic E-state index is 0.187. The number of fused-ring (bicyclic) bond motifs is 1. The Bertz CT molecular complexity index is 193. The Morgan fingerprint density at radius 3 is 2.77 bits per heavy atom. The molecule has 0 bridgehead atoms. The topological polar surface area (TPSA) is 24.5 Å². The van der Waals surface area contributed by atoms with Crippen LogP contribution in [0, 0.1) is 0 Å². The predicted octanol–water partition coefficient (Wildman–Crippen LogP) is 1.50. The van der Waals surface area contributed by atoms with Crippen molar-refractivity contribution in [2.75, 3.05) is 7.05 Å². The number of hydrogen-bond acceptors (Lipinski definition) is 3. The second-order valence-electron chi connectivity index (χ2n) is 4.74. The Balaban J connectivity index is 2.07. The zero-order valence-electron chi connectivity index (χ0n) is 8.84. The van der Waals surface area contributed by atoms with E-state index in [2.05, 4.69) is 31.3 Å². The van der Waals surface area contributed by atoms with E-state index in [9.17, 15) is 0 Å². The first kappa shape index (κ1) is 9.44. The molecule has 3 nitrogen and oxygen atoms in total. The highest BCUT2D eigenvalue weighted by Crippen LogP contribution is 2.30. The minimum Gasteiger partial charge on any atom is -0.355 e. The highest BCUT2D eigenvalue weighted by atomic mass is 16.5. The number of rotatable bonds is 0. The van der Waals surface area contributed by atoms with Gasteiger partial charge in [0.2, 0.25) is 0 Å². The van der Waals surface area contributed by atoms with Crippen LogP contribution in [0.4, 0.5) is 0 Å². The van der Waals surface area contributed by atoms with Crippen LogP contribution in [-0.2, 0) is 4.74 Å². The summed E-state index contributed by atoms with van der Waals surface area (Å²) in [5, 5.41) is 2.24. The van der Waals surface area contributed by atoms with E-state index in [-0.39, 0.29) is 5.72 Å². The molecular formula is C10H20N2O. The van der Waals surface area contributed by atoms with E-state index < -0.39 is 0 Å². The van der Waals surface area contributed by atoms with Crippen LogP contribution >= 0.6 is 0 Å². The Morgan fingerprint density at radius 1 is 1.31 bits per heavy atom. The van der Waals surface area contributed by atoms with Gasteiger partial charge in [-0.2, -0.15) is 0 Å². The number of hydrogen-bond donors (Lipinski definition) is 1. The number of ether oxygens (including phenoxy) is 1. The van der Waals surface area contributed by atoms with Gasteiger partial charge in [-0.05, 0) is 26.7 Å². The maximum Gasteiger partial charge on any atom is 0.126 e. The lowest BCUT2D eigenvalue weighted by molar-refractivity contribution is -0.212. The lowest BCUT2D eigenvalue weighted by atomic mass is 9.91. The highest BCUT2D eigenvalue weighted by Gasteiger charge is 2.39. The number of likely N-dealkylation sites (N-methyl/N-ethyl adjacent to an activating group) is 1. The van der Waals surface area contributed by atoms with Crippen molar-refractivity contribution in [2.24, 2.45) is 0 Å². The minimum atomic E-state index is -0.187. The monoisotopic (exact) mass is 184 g/mol. The molecule has 1 N–H and O–H groups in total. The standard InChI is InChI=1S/C10H20N2O/c1-10(2)11-12(3)8-6-4-5-7-9(8)13-10/h8-9,11H,4-7H2,1-3H3. The molecule has 1 saturated carbocycles. The summed E-state index contributed by atoms with van der Waals surface area (Å²) in [4.78, 5) is 0. The van der Waals surface area contributed by atoms with Crippen molar-refractivity contribution < 1.29 is 4.74 Å². The first-order valence-electron chi connectivity index (χ1n) is 5.27. The van der Waals surface area contributed by atoms with Gasteiger partial charge in [0, 0.05) is 7.05 Å². The third-order valence-electron chi connectivity index (χ3n) is 3.06. The quantitative estimate of drug-likeness (QED) is 0.617. The molecule has 0 radical (unpaired) electrons. The van der Waals surface area contributed by atoms with E-state index in [4.69, 9.17) is 4.74 Å². The Labute approximate surface area is 80.4 Å². The fourth-order valence-electron chi connectivity index (χ4n) is 2.57. The summed E-state index contributed by atoms with van der Waals surface area (Å²) in [7, 11) is 2.13. The number of hydrazine groups is 1. The summed E-state index contributed by atoms with van der Waals surface area (Å²) < 4.78 is 6.00. The van der Waals surface area contributed by atoms with E-state index in [0.29, 0.717) is 12.1 Å². The third kappa shape index (κ3) is 1.87. The molecule has 76 valence electrons. The SMILES string of the molecule is CN1NC(C)(C)OC2CCCCC21. The molecule has 1 aliphatic heterocycles. The molecule has 2 rings (SSSR count). The zero-order valence-corrected chi connectivity index (χ0v) is 8.84. The van der Waals surface area contributed by atoms with Crippen molar-refractivity contribution in [3.05, 3.63) is 0 Å². The second-order valence-corrected chi connectivity index (χ2v) is 4.74. The Kier molecular flexibility index (Phi) is 2.34. The van der Waals surface area contributed by atoms with Crippen LogP contribution in [0.2, 0.25) is 0 Å². The average Bonchev–Trinajstić information content (AvgIpc) is 2.02. The molecule has 2 aliphatic rings. The molecule has 0 spiro atoms. The summed E-state index contributed by atoms with van der Waals surface area (Å²) in [6, 6.07) is 0.585. The van der Waals surface area contributed by atoms with Gasteiger partial charge in [0.25, 0.3) is 0 Å². The molecular weight excluding hydrogens is 164 g/mol. The molecule has 1 heterocycles. The molecule has 2 unspecified atom stereocenters. The molecule has 13 heavy (non-hydrogen) atoms. The van der Waals surface area contributed by atoms with Crippen LogP contribution in [-0.4, -0.2) is 29.9 Å². The molecule has 2 atom stereocenters. The van der Waals surface area contributed by atoms with Crippen LogP contribution in [0.1, 0.15) is 39.5 Å². The summed E-state index contributed by atoms with van der Waals surface area (Å²) in [5.41, 5.74) is 3.18. The van der Waals surface area contributed by atoms with E-state index in [1.54, 1.807) is 0 Å².